The SMILES string of the molecule is C=C(Cl)/C=C\C(C)=C/CC. The van der Waals surface area contributed by atoms with E-state index in [-0.39, 0.29) is 0 Å². The van der Waals surface area contributed by atoms with Gasteiger partial charge < -0.3 is 0 Å². The summed E-state index contributed by atoms with van der Waals surface area (Å²) in [4.78, 5) is 0. The molecule has 0 nitrogen and oxygen atoms in total. The van der Waals surface area contributed by atoms with Gasteiger partial charge in [-0.3, -0.25) is 0 Å². The van der Waals surface area contributed by atoms with E-state index in [4.69, 9.17) is 11.6 Å². The van der Waals surface area contributed by atoms with Crippen molar-refractivity contribution in [3.8, 4) is 0 Å². The Kier molecular flexibility index (Phi) is 5.05. The predicted octanol–water partition coefficient (Wildman–Crippen LogP) is 3.65. The van der Waals surface area contributed by atoms with Crippen LogP contribution in [0.25, 0.3) is 0 Å². The maximum absolute atomic E-state index is 5.51. The normalized spacial score (nSPS) is 12.5. The lowest BCUT2D eigenvalue weighted by atomic mass is 10.2. The Labute approximate surface area is 67.9 Å². The zero-order chi connectivity index (χ0) is 7.98. The minimum absolute atomic E-state index is 0.573. The molecule has 0 amide bonds. The zero-order valence-electron chi connectivity index (χ0n) is 6.52. The van der Waals surface area contributed by atoms with E-state index in [2.05, 4.69) is 19.6 Å². The van der Waals surface area contributed by atoms with E-state index >= 15 is 0 Å². The molecule has 0 aromatic carbocycles. The second-order valence-corrected chi connectivity index (χ2v) is 2.62. The molecule has 0 atom stereocenters. The van der Waals surface area contributed by atoms with Gasteiger partial charge in [0.05, 0.1) is 0 Å². The van der Waals surface area contributed by atoms with Crippen molar-refractivity contribution in [2.45, 2.75) is 20.3 Å². The first-order chi connectivity index (χ1) is 4.66. The van der Waals surface area contributed by atoms with Crippen LogP contribution < -0.4 is 0 Å². The van der Waals surface area contributed by atoms with E-state index in [9.17, 15) is 0 Å². The lowest BCUT2D eigenvalue weighted by Gasteiger charge is -1.88. The van der Waals surface area contributed by atoms with Crippen molar-refractivity contribution in [1.29, 1.82) is 0 Å². The van der Waals surface area contributed by atoms with Crippen LogP contribution in [0.5, 0.6) is 0 Å². The lowest BCUT2D eigenvalue weighted by molar-refractivity contribution is 1.20. The molecule has 0 unspecified atom stereocenters. The summed E-state index contributed by atoms with van der Waals surface area (Å²) in [6.07, 6.45) is 6.95. The first-order valence-electron chi connectivity index (χ1n) is 3.36. The summed E-state index contributed by atoms with van der Waals surface area (Å²) in [6.45, 7) is 7.68. The highest BCUT2D eigenvalue weighted by Gasteiger charge is 1.79. The fraction of sp³-hybridized carbons (Fsp3) is 0.333. The molecule has 0 aromatic heterocycles. The van der Waals surface area contributed by atoms with Crippen LogP contribution in [0.3, 0.4) is 0 Å². The van der Waals surface area contributed by atoms with Gasteiger partial charge in [-0.25, -0.2) is 0 Å². The summed E-state index contributed by atoms with van der Waals surface area (Å²) in [5.41, 5.74) is 1.23. The van der Waals surface area contributed by atoms with Gasteiger partial charge in [-0.1, -0.05) is 42.8 Å². The van der Waals surface area contributed by atoms with Crippen LogP contribution in [0, 0.1) is 0 Å². The van der Waals surface area contributed by atoms with Crippen LogP contribution in [0.1, 0.15) is 20.3 Å². The van der Waals surface area contributed by atoms with Crippen LogP contribution in [-0.2, 0) is 0 Å². The third kappa shape index (κ3) is 5.64. The van der Waals surface area contributed by atoms with E-state index in [0.717, 1.165) is 6.42 Å². The van der Waals surface area contributed by atoms with Crippen molar-refractivity contribution in [2.75, 3.05) is 0 Å². The van der Waals surface area contributed by atoms with Crippen LogP contribution >= 0.6 is 11.6 Å². The van der Waals surface area contributed by atoms with Crippen molar-refractivity contribution in [3.05, 3.63) is 35.4 Å². The Morgan fingerprint density at radius 1 is 1.50 bits per heavy atom. The van der Waals surface area contributed by atoms with Crippen molar-refractivity contribution < 1.29 is 0 Å². The lowest BCUT2D eigenvalue weighted by Crippen LogP contribution is -1.66. The molecule has 0 radical (unpaired) electrons. The molecule has 0 N–H and O–H groups in total. The van der Waals surface area contributed by atoms with E-state index in [1.165, 1.54) is 5.57 Å². The monoisotopic (exact) mass is 156 g/mol. The number of halogens is 1. The van der Waals surface area contributed by atoms with Gasteiger partial charge in [0.15, 0.2) is 0 Å². The standard InChI is InChI=1S/C9H13Cl/c1-4-5-8(2)6-7-9(3)10/h5-7H,3-4H2,1-2H3/b7-6-,8-5-. The van der Waals surface area contributed by atoms with Crippen molar-refractivity contribution in [1.82, 2.24) is 0 Å². The Hall–Kier alpha value is -0.490. The minimum atomic E-state index is 0.573. The van der Waals surface area contributed by atoms with Crippen molar-refractivity contribution in [3.63, 3.8) is 0 Å². The minimum Gasteiger partial charge on any atom is -0.0850 e. The Balaban J connectivity index is 3.89. The molecule has 56 valence electrons. The van der Waals surface area contributed by atoms with Gasteiger partial charge in [0.25, 0.3) is 0 Å². The van der Waals surface area contributed by atoms with Crippen LogP contribution in [0.2, 0.25) is 0 Å². The maximum atomic E-state index is 5.51. The molecule has 0 rings (SSSR count). The molecule has 0 spiro atoms. The van der Waals surface area contributed by atoms with Gasteiger partial charge in [-0.05, 0) is 19.4 Å². The number of rotatable bonds is 3. The Morgan fingerprint density at radius 3 is 2.50 bits per heavy atom. The van der Waals surface area contributed by atoms with Crippen molar-refractivity contribution >= 4 is 11.6 Å². The summed E-state index contributed by atoms with van der Waals surface area (Å²) in [7, 11) is 0. The van der Waals surface area contributed by atoms with E-state index < -0.39 is 0 Å². The molecule has 0 aromatic rings. The molecule has 10 heavy (non-hydrogen) atoms. The Morgan fingerprint density at radius 2 is 2.10 bits per heavy atom. The second kappa shape index (κ2) is 5.31. The predicted molar refractivity (Wildman–Crippen MR) is 48.2 cm³/mol. The van der Waals surface area contributed by atoms with Gasteiger partial charge >= 0.3 is 0 Å². The Bertz CT molecular complexity index is 164. The molecule has 1 heteroatoms. The van der Waals surface area contributed by atoms with Gasteiger partial charge in [-0.2, -0.15) is 0 Å². The molecular weight excluding hydrogens is 144 g/mol. The number of hydrogen-bond donors (Lipinski definition) is 0. The van der Waals surface area contributed by atoms with Gasteiger partial charge in [0.1, 0.15) is 0 Å². The highest BCUT2D eigenvalue weighted by atomic mass is 35.5. The van der Waals surface area contributed by atoms with Crippen LogP contribution in [-0.4, -0.2) is 0 Å². The van der Waals surface area contributed by atoms with E-state index in [1.807, 2.05) is 13.0 Å². The zero-order valence-corrected chi connectivity index (χ0v) is 7.28. The largest absolute Gasteiger partial charge is 0.0850 e. The summed E-state index contributed by atoms with van der Waals surface area (Å²) in [5, 5.41) is 0.573. The van der Waals surface area contributed by atoms with Crippen molar-refractivity contribution in [2.24, 2.45) is 0 Å². The van der Waals surface area contributed by atoms with E-state index in [1.54, 1.807) is 6.08 Å². The third-order valence-electron chi connectivity index (χ3n) is 1.05. The molecule has 0 aliphatic carbocycles. The highest BCUT2D eigenvalue weighted by Crippen LogP contribution is 2.03. The summed E-state index contributed by atoms with van der Waals surface area (Å²) in [5.74, 6) is 0. The van der Waals surface area contributed by atoms with E-state index in [0.29, 0.717) is 5.03 Å². The quantitative estimate of drug-likeness (QED) is 0.548. The smallest absolute Gasteiger partial charge is 0.0334 e. The number of allylic oxidation sites excluding steroid dienone is 5. The first-order valence-corrected chi connectivity index (χ1v) is 3.74. The fourth-order valence-corrected chi connectivity index (χ4v) is 0.675. The van der Waals surface area contributed by atoms with Gasteiger partial charge in [0, 0.05) is 5.03 Å². The summed E-state index contributed by atoms with van der Waals surface area (Å²) in [6, 6.07) is 0. The molecule has 0 heterocycles. The topological polar surface area (TPSA) is 0 Å². The molecule has 0 aliphatic heterocycles. The molecule has 0 saturated carbocycles. The average Bonchev–Trinajstić information content (AvgIpc) is 1.85. The van der Waals surface area contributed by atoms with Crippen LogP contribution in [0.15, 0.2) is 35.4 Å². The maximum Gasteiger partial charge on any atom is 0.0334 e. The molecule has 0 fully saturated rings. The average molecular weight is 157 g/mol. The van der Waals surface area contributed by atoms with Gasteiger partial charge in [0.2, 0.25) is 0 Å². The third-order valence-corrected chi connectivity index (χ3v) is 1.18. The van der Waals surface area contributed by atoms with Crippen LogP contribution in [0.4, 0.5) is 0 Å². The summed E-state index contributed by atoms with van der Waals surface area (Å²) < 4.78 is 0. The highest BCUT2D eigenvalue weighted by molar-refractivity contribution is 6.30. The molecule has 0 saturated heterocycles. The molecular formula is C9H13Cl. The molecule has 0 aliphatic rings. The number of hydrogen-bond acceptors (Lipinski definition) is 0. The first kappa shape index (κ1) is 9.51. The second-order valence-electron chi connectivity index (χ2n) is 2.14. The summed E-state index contributed by atoms with van der Waals surface area (Å²) >= 11 is 5.51. The molecule has 0 bridgehead atoms. The van der Waals surface area contributed by atoms with Gasteiger partial charge in [-0.15, -0.1) is 0 Å². The fourth-order valence-electron chi connectivity index (χ4n) is 0.612.